The summed E-state index contributed by atoms with van der Waals surface area (Å²) in [6.45, 7) is 3.55. The van der Waals surface area contributed by atoms with E-state index in [2.05, 4.69) is 59.3 Å². The van der Waals surface area contributed by atoms with Gasteiger partial charge in [0.2, 0.25) is 0 Å². The molecule has 24 heavy (non-hydrogen) atoms. The lowest BCUT2D eigenvalue weighted by Crippen LogP contribution is -2.33. The maximum Gasteiger partial charge on any atom is 0.175 e. The number of hydrogen-bond acceptors (Lipinski definition) is 4. The van der Waals surface area contributed by atoms with Crippen LogP contribution in [-0.2, 0) is 6.54 Å². The van der Waals surface area contributed by atoms with Gasteiger partial charge < -0.3 is 9.64 Å². The van der Waals surface area contributed by atoms with E-state index in [1.54, 1.807) is 6.33 Å². The highest BCUT2D eigenvalue weighted by Crippen LogP contribution is 2.36. The van der Waals surface area contributed by atoms with Crippen molar-refractivity contribution >= 4 is 5.69 Å². The molecular formula is C19H20N4O. The first-order valence-electron chi connectivity index (χ1n) is 8.11. The first-order chi connectivity index (χ1) is 11.7. The topological polar surface area (TPSA) is 43.2 Å². The SMILES string of the molecule is Cc1cccc(Cn2ncnc2[C@@H]2CN(C)c3ccccc3O2)c1. The van der Waals surface area contributed by atoms with Crippen LogP contribution in [-0.4, -0.2) is 28.4 Å². The lowest BCUT2D eigenvalue weighted by atomic mass is 10.1. The zero-order valence-electron chi connectivity index (χ0n) is 13.9. The number of rotatable bonds is 3. The van der Waals surface area contributed by atoms with Crippen LogP contribution in [0.4, 0.5) is 5.69 Å². The van der Waals surface area contributed by atoms with Crippen LogP contribution in [0, 0.1) is 6.92 Å². The first kappa shape index (κ1) is 14.8. The Morgan fingerprint density at radius 2 is 2.04 bits per heavy atom. The summed E-state index contributed by atoms with van der Waals surface area (Å²) in [6.07, 6.45) is 1.48. The predicted octanol–water partition coefficient (Wildman–Crippen LogP) is 3.20. The highest BCUT2D eigenvalue weighted by atomic mass is 16.5. The summed E-state index contributed by atoms with van der Waals surface area (Å²) in [5, 5.41) is 4.40. The Kier molecular flexibility index (Phi) is 3.69. The van der Waals surface area contributed by atoms with Crippen LogP contribution in [0.5, 0.6) is 5.75 Å². The second kappa shape index (κ2) is 6.00. The van der Waals surface area contributed by atoms with Crippen LogP contribution < -0.4 is 9.64 Å². The van der Waals surface area contributed by atoms with Crippen LogP contribution in [0.15, 0.2) is 54.9 Å². The van der Waals surface area contributed by atoms with E-state index in [0.717, 1.165) is 23.8 Å². The van der Waals surface area contributed by atoms with Gasteiger partial charge in [0.05, 0.1) is 18.8 Å². The zero-order chi connectivity index (χ0) is 16.5. The highest BCUT2D eigenvalue weighted by molar-refractivity contribution is 5.59. The largest absolute Gasteiger partial charge is 0.478 e. The standard InChI is InChI=1S/C19H20N4O/c1-14-6-5-7-15(10-14)11-23-19(20-13-21-23)18-12-22(2)16-8-3-4-9-17(16)24-18/h3-10,13,18H,11-12H2,1-2H3/t18-/m0/s1. The fraction of sp³-hybridized carbons (Fsp3) is 0.263. The molecule has 1 aromatic heterocycles. The molecule has 2 aromatic carbocycles. The van der Waals surface area contributed by atoms with E-state index in [1.165, 1.54) is 11.1 Å². The number of benzene rings is 2. The van der Waals surface area contributed by atoms with Crippen molar-refractivity contribution in [3.63, 3.8) is 0 Å². The third-order valence-electron chi connectivity index (χ3n) is 4.33. The molecule has 0 fully saturated rings. The molecular weight excluding hydrogens is 300 g/mol. The number of likely N-dealkylation sites (N-methyl/N-ethyl adjacent to an activating group) is 1. The molecule has 4 rings (SSSR count). The fourth-order valence-corrected chi connectivity index (χ4v) is 3.17. The molecule has 0 bridgehead atoms. The van der Waals surface area contributed by atoms with E-state index in [4.69, 9.17) is 4.74 Å². The van der Waals surface area contributed by atoms with Crippen molar-refractivity contribution in [2.24, 2.45) is 0 Å². The second-order valence-electron chi connectivity index (χ2n) is 6.22. The van der Waals surface area contributed by atoms with Crippen molar-refractivity contribution in [1.29, 1.82) is 0 Å². The van der Waals surface area contributed by atoms with Gasteiger partial charge in [0.15, 0.2) is 11.9 Å². The van der Waals surface area contributed by atoms with Crippen LogP contribution >= 0.6 is 0 Å². The van der Waals surface area contributed by atoms with Gasteiger partial charge in [-0.2, -0.15) is 5.10 Å². The van der Waals surface area contributed by atoms with Gasteiger partial charge in [-0.1, -0.05) is 42.0 Å². The summed E-state index contributed by atoms with van der Waals surface area (Å²) in [6, 6.07) is 16.6. The van der Waals surface area contributed by atoms with Crippen molar-refractivity contribution in [1.82, 2.24) is 14.8 Å². The Morgan fingerprint density at radius 1 is 1.17 bits per heavy atom. The predicted molar refractivity (Wildman–Crippen MR) is 93.4 cm³/mol. The third-order valence-corrected chi connectivity index (χ3v) is 4.33. The number of nitrogens with zero attached hydrogens (tertiary/aromatic N) is 4. The average molecular weight is 320 g/mol. The number of hydrogen-bond donors (Lipinski definition) is 0. The van der Waals surface area contributed by atoms with E-state index in [9.17, 15) is 0 Å². The minimum atomic E-state index is -0.128. The van der Waals surface area contributed by atoms with E-state index >= 15 is 0 Å². The summed E-state index contributed by atoms with van der Waals surface area (Å²) in [4.78, 5) is 6.67. The van der Waals surface area contributed by atoms with Crippen molar-refractivity contribution in [2.75, 3.05) is 18.5 Å². The maximum atomic E-state index is 6.18. The van der Waals surface area contributed by atoms with E-state index < -0.39 is 0 Å². The molecule has 0 aliphatic carbocycles. The molecule has 0 amide bonds. The van der Waals surface area contributed by atoms with Crippen molar-refractivity contribution in [3.8, 4) is 5.75 Å². The molecule has 1 atom stereocenters. The summed E-state index contributed by atoms with van der Waals surface area (Å²) < 4.78 is 8.12. The van der Waals surface area contributed by atoms with Crippen LogP contribution in [0.1, 0.15) is 23.1 Å². The lowest BCUT2D eigenvalue weighted by Gasteiger charge is -2.33. The Morgan fingerprint density at radius 3 is 2.92 bits per heavy atom. The average Bonchev–Trinajstić information content (AvgIpc) is 3.03. The number of ether oxygens (including phenoxy) is 1. The highest BCUT2D eigenvalue weighted by Gasteiger charge is 2.28. The molecule has 0 N–H and O–H groups in total. The Labute approximate surface area is 141 Å². The summed E-state index contributed by atoms with van der Waals surface area (Å²) in [5.41, 5.74) is 3.57. The molecule has 0 saturated heterocycles. The molecule has 3 aromatic rings. The molecule has 122 valence electrons. The van der Waals surface area contributed by atoms with Gasteiger partial charge in [0.1, 0.15) is 12.1 Å². The van der Waals surface area contributed by atoms with Crippen LogP contribution in [0.2, 0.25) is 0 Å². The molecule has 0 saturated carbocycles. The number of aryl methyl sites for hydroxylation is 1. The van der Waals surface area contributed by atoms with Crippen molar-refractivity contribution < 1.29 is 4.74 Å². The first-order valence-corrected chi connectivity index (χ1v) is 8.11. The fourth-order valence-electron chi connectivity index (χ4n) is 3.17. The Hall–Kier alpha value is -2.82. The van der Waals surface area contributed by atoms with Gasteiger partial charge in [0, 0.05) is 7.05 Å². The van der Waals surface area contributed by atoms with E-state index in [1.807, 2.05) is 22.9 Å². The van der Waals surface area contributed by atoms with E-state index in [0.29, 0.717) is 6.54 Å². The monoisotopic (exact) mass is 320 g/mol. The molecule has 5 nitrogen and oxygen atoms in total. The lowest BCUT2D eigenvalue weighted by molar-refractivity contribution is 0.184. The summed E-state index contributed by atoms with van der Waals surface area (Å²) in [7, 11) is 2.08. The summed E-state index contributed by atoms with van der Waals surface area (Å²) in [5.74, 6) is 1.75. The summed E-state index contributed by atoms with van der Waals surface area (Å²) >= 11 is 0. The van der Waals surface area contributed by atoms with Gasteiger partial charge >= 0.3 is 0 Å². The molecule has 0 radical (unpaired) electrons. The van der Waals surface area contributed by atoms with E-state index in [-0.39, 0.29) is 6.10 Å². The van der Waals surface area contributed by atoms with Gasteiger partial charge in [-0.3, -0.25) is 0 Å². The molecule has 1 aliphatic heterocycles. The quantitative estimate of drug-likeness (QED) is 0.743. The van der Waals surface area contributed by atoms with Gasteiger partial charge in [-0.05, 0) is 24.6 Å². The minimum Gasteiger partial charge on any atom is -0.478 e. The Bertz CT molecular complexity index is 858. The third kappa shape index (κ3) is 2.73. The van der Waals surface area contributed by atoms with Crippen LogP contribution in [0.3, 0.4) is 0 Å². The zero-order valence-corrected chi connectivity index (χ0v) is 13.9. The van der Waals surface area contributed by atoms with Gasteiger partial charge in [0.25, 0.3) is 0 Å². The van der Waals surface area contributed by atoms with Crippen molar-refractivity contribution in [3.05, 3.63) is 71.8 Å². The smallest absolute Gasteiger partial charge is 0.175 e. The molecule has 0 unspecified atom stereocenters. The molecule has 0 spiro atoms. The number of para-hydroxylation sites is 2. The maximum absolute atomic E-state index is 6.18. The molecule has 2 heterocycles. The Balaban J connectivity index is 1.61. The van der Waals surface area contributed by atoms with Crippen molar-refractivity contribution in [2.45, 2.75) is 19.6 Å². The molecule has 5 heteroatoms. The normalized spacial score (nSPS) is 16.6. The molecule has 1 aliphatic rings. The number of fused-ring (bicyclic) bond motifs is 1. The second-order valence-corrected chi connectivity index (χ2v) is 6.22. The van der Waals surface area contributed by atoms with Gasteiger partial charge in [-0.25, -0.2) is 9.67 Å². The van der Waals surface area contributed by atoms with Gasteiger partial charge in [-0.15, -0.1) is 0 Å². The minimum absolute atomic E-state index is 0.128. The number of aromatic nitrogens is 3. The van der Waals surface area contributed by atoms with Crippen LogP contribution in [0.25, 0.3) is 0 Å². The number of anilines is 1.